The van der Waals surface area contributed by atoms with Crippen LogP contribution in [0.2, 0.25) is 5.02 Å². The molecule has 0 aliphatic carbocycles. The maximum atomic E-state index is 12.1. The highest BCUT2D eigenvalue weighted by atomic mass is 35.5. The Morgan fingerprint density at radius 1 is 1.24 bits per heavy atom. The number of aryl methyl sites for hydroxylation is 2. The van der Waals surface area contributed by atoms with Crippen LogP contribution in [0.4, 0.5) is 0 Å². The minimum atomic E-state index is -0.539. The van der Waals surface area contributed by atoms with Gasteiger partial charge in [0.15, 0.2) is 6.10 Å². The van der Waals surface area contributed by atoms with Crippen LogP contribution in [-0.4, -0.2) is 24.3 Å². The standard InChI is InChI=1S/C20H24ClNO2S/c1-14-5-4-6-17(11-14)13-25-10-9-22-20(23)16(3)24-18-7-8-19(21)15(2)12-18/h4-8,11-12,16H,9-10,13H2,1-3H3,(H,22,23)/t16-/m1/s1. The molecule has 2 rings (SSSR count). The molecule has 0 heterocycles. The second-order valence-corrected chi connectivity index (χ2v) is 7.52. The highest BCUT2D eigenvalue weighted by molar-refractivity contribution is 7.98. The van der Waals surface area contributed by atoms with Crippen LogP contribution in [0.15, 0.2) is 42.5 Å². The van der Waals surface area contributed by atoms with E-state index in [1.807, 2.05) is 13.0 Å². The Hall–Kier alpha value is -1.65. The van der Waals surface area contributed by atoms with E-state index in [-0.39, 0.29) is 5.91 Å². The van der Waals surface area contributed by atoms with E-state index in [2.05, 4.69) is 36.5 Å². The van der Waals surface area contributed by atoms with E-state index in [1.165, 1.54) is 11.1 Å². The number of hydrogen-bond donors (Lipinski definition) is 1. The number of ether oxygens (including phenoxy) is 1. The highest BCUT2D eigenvalue weighted by Gasteiger charge is 2.14. The molecule has 2 aromatic rings. The lowest BCUT2D eigenvalue weighted by atomic mass is 10.2. The van der Waals surface area contributed by atoms with Gasteiger partial charge in [0, 0.05) is 23.1 Å². The Morgan fingerprint density at radius 2 is 2.04 bits per heavy atom. The zero-order valence-corrected chi connectivity index (χ0v) is 16.4. The van der Waals surface area contributed by atoms with Crippen LogP contribution < -0.4 is 10.1 Å². The molecule has 1 N–H and O–H groups in total. The third-order valence-electron chi connectivity index (χ3n) is 3.71. The van der Waals surface area contributed by atoms with Crippen molar-refractivity contribution in [2.75, 3.05) is 12.3 Å². The summed E-state index contributed by atoms with van der Waals surface area (Å²) in [4.78, 5) is 12.1. The molecular formula is C20H24ClNO2S. The van der Waals surface area contributed by atoms with E-state index in [4.69, 9.17) is 16.3 Å². The minimum Gasteiger partial charge on any atom is -0.481 e. The average molecular weight is 378 g/mol. The Morgan fingerprint density at radius 3 is 2.76 bits per heavy atom. The van der Waals surface area contributed by atoms with Gasteiger partial charge in [-0.15, -0.1) is 0 Å². The van der Waals surface area contributed by atoms with Gasteiger partial charge in [-0.3, -0.25) is 4.79 Å². The predicted molar refractivity (Wildman–Crippen MR) is 107 cm³/mol. The van der Waals surface area contributed by atoms with Crippen LogP contribution in [0.5, 0.6) is 5.75 Å². The molecule has 0 aliphatic heterocycles. The van der Waals surface area contributed by atoms with Gasteiger partial charge in [-0.2, -0.15) is 11.8 Å². The largest absolute Gasteiger partial charge is 0.481 e. The number of halogens is 1. The van der Waals surface area contributed by atoms with Crippen molar-refractivity contribution in [2.24, 2.45) is 0 Å². The average Bonchev–Trinajstić information content (AvgIpc) is 2.57. The number of thioether (sulfide) groups is 1. The quantitative estimate of drug-likeness (QED) is 0.673. The van der Waals surface area contributed by atoms with Gasteiger partial charge in [0.2, 0.25) is 0 Å². The zero-order chi connectivity index (χ0) is 18.2. The van der Waals surface area contributed by atoms with E-state index in [0.29, 0.717) is 17.3 Å². The highest BCUT2D eigenvalue weighted by Crippen LogP contribution is 2.21. The van der Waals surface area contributed by atoms with E-state index in [0.717, 1.165) is 17.1 Å². The number of rotatable bonds is 8. The van der Waals surface area contributed by atoms with Crippen LogP contribution in [0.1, 0.15) is 23.6 Å². The predicted octanol–water partition coefficient (Wildman–Crippen LogP) is 4.77. The summed E-state index contributed by atoms with van der Waals surface area (Å²) in [6, 6.07) is 13.9. The van der Waals surface area contributed by atoms with Gasteiger partial charge in [0.25, 0.3) is 5.91 Å². The first-order valence-corrected chi connectivity index (χ1v) is 9.83. The van der Waals surface area contributed by atoms with Crippen molar-refractivity contribution in [3.8, 4) is 5.75 Å². The molecule has 0 bridgehead atoms. The van der Waals surface area contributed by atoms with Gasteiger partial charge in [0.05, 0.1) is 0 Å². The Bertz CT molecular complexity index is 721. The normalized spacial score (nSPS) is 11.8. The summed E-state index contributed by atoms with van der Waals surface area (Å²) in [5, 5.41) is 3.61. The molecule has 1 amide bonds. The summed E-state index contributed by atoms with van der Waals surface area (Å²) >= 11 is 7.80. The van der Waals surface area contributed by atoms with Crippen LogP contribution in [0.3, 0.4) is 0 Å². The Labute approximate surface area is 159 Å². The topological polar surface area (TPSA) is 38.3 Å². The van der Waals surface area contributed by atoms with Crippen LogP contribution in [-0.2, 0) is 10.5 Å². The van der Waals surface area contributed by atoms with Gasteiger partial charge in [-0.25, -0.2) is 0 Å². The van der Waals surface area contributed by atoms with Gasteiger partial charge >= 0.3 is 0 Å². The first kappa shape index (κ1) is 19.7. The minimum absolute atomic E-state index is 0.108. The zero-order valence-electron chi connectivity index (χ0n) is 14.8. The number of hydrogen-bond acceptors (Lipinski definition) is 3. The van der Waals surface area contributed by atoms with Crippen LogP contribution in [0, 0.1) is 13.8 Å². The van der Waals surface area contributed by atoms with Crippen molar-refractivity contribution in [3.05, 3.63) is 64.2 Å². The molecule has 0 aliphatic rings. The Balaban J connectivity index is 1.68. The molecule has 1 atom stereocenters. The van der Waals surface area contributed by atoms with Gasteiger partial charge in [-0.05, 0) is 50.1 Å². The van der Waals surface area contributed by atoms with Crippen molar-refractivity contribution in [1.29, 1.82) is 0 Å². The maximum Gasteiger partial charge on any atom is 0.260 e. The molecule has 25 heavy (non-hydrogen) atoms. The third kappa shape index (κ3) is 6.63. The molecule has 0 saturated carbocycles. The molecule has 0 aromatic heterocycles. The van der Waals surface area contributed by atoms with E-state index >= 15 is 0 Å². The summed E-state index contributed by atoms with van der Waals surface area (Å²) in [5.41, 5.74) is 3.51. The molecule has 0 radical (unpaired) electrons. The lowest BCUT2D eigenvalue weighted by molar-refractivity contribution is -0.127. The molecule has 0 unspecified atom stereocenters. The van der Waals surface area contributed by atoms with Crippen molar-refractivity contribution in [3.63, 3.8) is 0 Å². The second kappa shape index (κ2) is 9.73. The molecular weight excluding hydrogens is 354 g/mol. The first-order chi connectivity index (χ1) is 12.0. The fourth-order valence-corrected chi connectivity index (χ4v) is 3.25. The fraction of sp³-hybridized carbons (Fsp3) is 0.350. The molecule has 0 saturated heterocycles. The van der Waals surface area contributed by atoms with Crippen molar-refractivity contribution < 1.29 is 9.53 Å². The molecule has 0 spiro atoms. The first-order valence-electron chi connectivity index (χ1n) is 8.29. The summed E-state index contributed by atoms with van der Waals surface area (Å²) in [6.07, 6.45) is -0.539. The second-order valence-electron chi connectivity index (χ2n) is 6.00. The SMILES string of the molecule is Cc1cccc(CSCCNC(=O)[C@@H](C)Oc2ccc(Cl)c(C)c2)c1. The lowest BCUT2D eigenvalue weighted by Gasteiger charge is -2.15. The molecule has 134 valence electrons. The smallest absolute Gasteiger partial charge is 0.260 e. The number of amides is 1. The summed E-state index contributed by atoms with van der Waals surface area (Å²) < 4.78 is 5.67. The third-order valence-corrected chi connectivity index (χ3v) is 5.16. The van der Waals surface area contributed by atoms with Crippen molar-refractivity contribution in [2.45, 2.75) is 32.6 Å². The lowest BCUT2D eigenvalue weighted by Crippen LogP contribution is -2.37. The monoisotopic (exact) mass is 377 g/mol. The maximum absolute atomic E-state index is 12.1. The van der Waals surface area contributed by atoms with E-state index in [9.17, 15) is 4.79 Å². The van der Waals surface area contributed by atoms with Crippen LogP contribution in [0.25, 0.3) is 0 Å². The van der Waals surface area contributed by atoms with Crippen LogP contribution >= 0.6 is 23.4 Å². The van der Waals surface area contributed by atoms with Crippen molar-refractivity contribution in [1.82, 2.24) is 5.32 Å². The number of carbonyl (C=O) groups is 1. The van der Waals surface area contributed by atoms with Gasteiger partial charge in [-0.1, -0.05) is 41.4 Å². The van der Waals surface area contributed by atoms with Gasteiger partial charge in [0.1, 0.15) is 5.75 Å². The van der Waals surface area contributed by atoms with Gasteiger partial charge < -0.3 is 10.1 Å². The van der Waals surface area contributed by atoms with Crippen molar-refractivity contribution >= 4 is 29.3 Å². The molecule has 2 aromatic carbocycles. The number of nitrogens with one attached hydrogen (secondary N) is 1. The van der Waals surface area contributed by atoms with E-state index < -0.39 is 6.10 Å². The summed E-state index contributed by atoms with van der Waals surface area (Å²) in [6.45, 7) is 6.38. The summed E-state index contributed by atoms with van der Waals surface area (Å²) in [7, 11) is 0. The number of benzene rings is 2. The van der Waals surface area contributed by atoms with E-state index in [1.54, 1.807) is 30.8 Å². The number of carbonyl (C=O) groups excluding carboxylic acids is 1. The molecule has 3 nitrogen and oxygen atoms in total. The molecule has 5 heteroatoms. The molecule has 0 fully saturated rings. The Kier molecular flexibility index (Phi) is 7.66. The summed E-state index contributed by atoms with van der Waals surface area (Å²) in [5.74, 6) is 2.36. The fourth-order valence-electron chi connectivity index (χ4n) is 2.33.